The maximum Gasteiger partial charge on any atom is 0.276 e. The zero-order valence-corrected chi connectivity index (χ0v) is 15.2. The number of nitrogens with one attached hydrogen (secondary N) is 2. The van der Waals surface area contributed by atoms with Gasteiger partial charge in [0.05, 0.1) is 15.7 Å². The smallest absolute Gasteiger partial charge is 0.276 e. The number of hydrogen-bond acceptors (Lipinski definition) is 3. The SMILES string of the molecule is CNC(=O)c1cccc(NC(=O)c2ccn(-c3ccc(Cl)c(Cl)c3)n2)c1. The predicted octanol–water partition coefficient (Wildman–Crippen LogP) is 3.79. The number of rotatable bonds is 4. The van der Waals surface area contributed by atoms with E-state index in [1.807, 2.05) is 0 Å². The largest absolute Gasteiger partial charge is 0.355 e. The van der Waals surface area contributed by atoms with Crippen molar-refractivity contribution in [3.8, 4) is 5.69 Å². The van der Waals surface area contributed by atoms with Crippen LogP contribution in [0.2, 0.25) is 10.0 Å². The third kappa shape index (κ3) is 3.87. The van der Waals surface area contributed by atoms with E-state index in [-0.39, 0.29) is 11.6 Å². The molecular formula is C18H14Cl2N4O2. The molecule has 0 aliphatic heterocycles. The molecule has 0 saturated carbocycles. The summed E-state index contributed by atoms with van der Waals surface area (Å²) in [5.74, 6) is -0.622. The zero-order valence-electron chi connectivity index (χ0n) is 13.7. The Hall–Kier alpha value is -2.83. The molecule has 0 aliphatic rings. The Morgan fingerprint density at radius 2 is 1.81 bits per heavy atom. The van der Waals surface area contributed by atoms with Crippen LogP contribution in [0.25, 0.3) is 5.69 Å². The number of amides is 2. The summed E-state index contributed by atoms with van der Waals surface area (Å²) < 4.78 is 1.53. The molecule has 3 rings (SSSR count). The van der Waals surface area contributed by atoms with E-state index in [2.05, 4.69) is 15.7 Å². The first-order chi connectivity index (χ1) is 12.5. The van der Waals surface area contributed by atoms with Crippen LogP contribution in [0.3, 0.4) is 0 Å². The molecule has 1 heterocycles. The number of carbonyl (C=O) groups is 2. The number of halogens is 2. The van der Waals surface area contributed by atoms with Crippen LogP contribution in [0, 0.1) is 0 Å². The van der Waals surface area contributed by atoms with Crippen molar-refractivity contribution in [2.45, 2.75) is 0 Å². The molecule has 0 saturated heterocycles. The zero-order chi connectivity index (χ0) is 18.7. The van der Waals surface area contributed by atoms with Gasteiger partial charge in [-0.3, -0.25) is 9.59 Å². The molecular weight excluding hydrogens is 375 g/mol. The summed E-state index contributed by atoms with van der Waals surface area (Å²) in [5, 5.41) is 10.3. The lowest BCUT2D eigenvalue weighted by atomic mass is 10.2. The molecule has 6 nitrogen and oxygen atoms in total. The molecule has 0 spiro atoms. The molecule has 2 aromatic carbocycles. The fourth-order valence-corrected chi connectivity index (χ4v) is 2.59. The Balaban J connectivity index is 1.78. The number of nitrogens with zero attached hydrogens (tertiary/aromatic N) is 2. The Kier molecular flexibility index (Phi) is 5.25. The molecule has 26 heavy (non-hydrogen) atoms. The standard InChI is InChI=1S/C18H14Cl2N4O2/c1-21-17(25)11-3-2-4-12(9-11)22-18(26)16-7-8-24(23-16)13-5-6-14(19)15(20)10-13/h2-10H,1H3,(H,21,25)(H,22,26). The summed E-state index contributed by atoms with van der Waals surface area (Å²) in [4.78, 5) is 24.1. The molecule has 3 aromatic rings. The fourth-order valence-electron chi connectivity index (χ4n) is 2.29. The van der Waals surface area contributed by atoms with Crippen LogP contribution >= 0.6 is 23.2 Å². The lowest BCUT2D eigenvalue weighted by Gasteiger charge is -2.06. The van der Waals surface area contributed by atoms with Gasteiger partial charge in [0, 0.05) is 24.5 Å². The van der Waals surface area contributed by atoms with E-state index in [1.165, 1.54) is 4.68 Å². The second kappa shape index (κ2) is 7.59. The van der Waals surface area contributed by atoms with Crippen molar-refractivity contribution in [3.05, 3.63) is 76.0 Å². The monoisotopic (exact) mass is 388 g/mol. The van der Waals surface area contributed by atoms with Gasteiger partial charge >= 0.3 is 0 Å². The van der Waals surface area contributed by atoms with Crippen LogP contribution in [-0.4, -0.2) is 28.6 Å². The van der Waals surface area contributed by atoms with Crippen molar-refractivity contribution in [2.24, 2.45) is 0 Å². The van der Waals surface area contributed by atoms with Gasteiger partial charge in [-0.2, -0.15) is 5.10 Å². The maximum atomic E-state index is 12.4. The van der Waals surface area contributed by atoms with Crippen molar-refractivity contribution in [1.82, 2.24) is 15.1 Å². The van der Waals surface area contributed by atoms with Gasteiger partial charge in [-0.05, 0) is 42.5 Å². The van der Waals surface area contributed by atoms with Gasteiger partial charge in [-0.1, -0.05) is 29.3 Å². The summed E-state index contributed by atoms with van der Waals surface area (Å²) >= 11 is 11.9. The van der Waals surface area contributed by atoms with Gasteiger partial charge < -0.3 is 10.6 Å². The van der Waals surface area contributed by atoms with Crippen LogP contribution in [0.1, 0.15) is 20.8 Å². The molecule has 132 valence electrons. The highest BCUT2D eigenvalue weighted by Gasteiger charge is 2.12. The lowest BCUT2D eigenvalue weighted by molar-refractivity contribution is 0.0961. The van der Waals surface area contributed by atoms with E-state index >= 15 is 0 Å². The molecule has 0 fully saturated rings. The third-order valence-corrected chi connectivity index (χ3v) is 4.34. The van der Waals surface area contributed by atoms with Crippen molar-refractivity contribution < 1.29 is 9.59 Å². The van der Waals surface area contributed by atoms with E-state index in [0.717, 1.165) is 0 Å². The molecule has 0 bridgehead atoms. The van der Waals surface area contributed by atoms with Crippen molar-refractivity contribution >= 4 is 40.7 Å². The summed E-state index contributed by atoms with van der Waals surface area (Å²) in [6.45, 7) is 0. The Labute approximate surface area is 159 Å². The second-order valence-electron chi connectivity index (χ2n) is 5.36. The van der Waals surface area contributed by atoms with E-state index < -0.39 is 5.91 Å². The van der Waals surface area contributed by atoms with Gasteiger partial charge in [0.15, 0.2) is 5.69 Å². The van der Waals surface area contributed by atoms with Crippen LogP contribution < -0.4 is 10.6 Å². The Morgan fingerprint density at radius 3 is 2.54 bits per heavy atom. The normalized spacial score (nSPS) is 10.4. The third-order valence-electron chi connectivity index (χ3n) is 3.60. The Bertz CT molecular complexity index is 985. The average Bonchev–Trinajstić information content (AvgIpc) is 3.14. The number of aromatic nitrogens is 2. The minimum atomic E-state index is -0.391. The van der Waals surface area contributed by atoms with Gasteiger partial charge in [0.1, 0.15) is 0 Å². The molecule has 1 aromatic heterocycles. The van der Waals surface area contributed by atoms with E-state index in [0.29, 0.717) is 27.0 Å². The predicted molar refractivity (Wildman–Crippen MR) is 101 cm³/mol. The number of carbonyl (C=O) groups excluding carboxylic acids is 2. The van der Waals surface area contributed by atoms with E-state index in [1.54, 1.807) is 61.8 Å². The Morgan fingerprint density at radius 1 is 1.00 bits per heavy atom. The van der Waals surface area contributed by atoms with Crippen LogP contribution in [0.5, 0.6) is 0 Å². The summed E-state index contributed by atoms with van der Waals surface area (Å²) in [5.41, 5.74) is 1.85. The fraction of sp³-hybridized carbons (Fsp3) is 0.0556. The second-order valence-corrected chi connectivity index (χ2v) is 6.17. The minimum absolute atomic E-state index is 0.224. The quantitative estimate of drug-likeness (QED) is 0.713. The van der Waals surface area contributed by atoms with Crippen molar-refractivity contribution in [2.75, 3.05) is 12.4 Å². The van der Waals surface area contributed by atoms with Crippen LogP contribution in [0.15, 0.2) is 54.7 Å². The average molecular weight is 389 g/mol. The van der Waals surface area contributed by atoms with Crippen molar-refractivity contribution in [1.29, 1.82) is 0 Å². The highest BCUT2D eigenvalue weighted by atomic mass is 35.5. The first-order valence-electron chi connectivity index (χ1n) is 7.62. The maximum absolute atomic E-state index is 12.4. The van der Waals surface area contributed by atoms with Crippen LogP contribution in [0.4, 0.5) is 5.69 Å². The lowest BCUT2D eigenvalue weighted by Crippen LogP contribution is -2.18. The number of anilines is 1. The molecule has 8 heteroatoms. The first-order valence-corrected chi connectivity index (χ1v) is 8.38. The minimum Gasteiger partial charge on any atom is -0.355 e. The van der Waals surface area contributed by atoms with Gasteiger partial charge in [0.25, 0.3) is 11.8 Å². The number of benzene rings is 2. The van der Waals surface area contributed by atoms with E-state index in [4.69, 9.17) is 23.2 Å². The van der Waals surface area contributed by atoms with Crippen LogP contribution in [-0.2, 0) is 0 Å². The highest BCUT2D eigenvalue weighted by Crippen LogP contribution is 2.24. The van der Waals surface area contributed by atoms with Gasteiger partial charge in [-0.25, -0.2) is 4.68 Å². The van der Waals surface area contributed by atoms with Crippen molar-refractivity contribution in [3.63, 3.8) is 0 Å². The molecule has 2 N–H and O–H groups in total. The molecule has 0 unspecified atom stereocenters. The highest BCUT2D eigenvalue weighted by molar-refractivity contribution is 6.42. The molecule has 0 atom stereocenters. The molecule has 0 radical (unpaired) electrons. The summed E-state index contributed by atoms with van der Waals surface area (Å²) in [6, 6.07) is 13.3. The summed E-state index contributed by atoms with van der Waals surface area (Å²) in [6.07, 6.45) is 1.65. The van der Waals surface area contributed by atoms with Gasteiger partial charge in [0.2, 0.25) is 0 Å². The first kappa shape index (κ1) is 18.0. The molecule has 0 aliphatic carbocycles. The number of hydrogen-bond donors (Lipinski definition) is 2. The van der Waals surface area contributed by atoms with Gasteiger partial charge in [-0.15, -0.1) is 0 Å². The topological polar surface area (TPSA) is 76.0 Å². The van der Waals surface area contributed by atoms with E-state index in [9.17, 15) is 9.59 Å². The summed E-state index contributed by atoms with van der Waals surface area (Å²) in [7, 11) is 1.54. The molecule has 2 amide bonds.